The van der Waals surface area contributed by atoms with Crippen molar-refractivity contribution in [3.8, 4) is 0 Å². The van der Waals surface area contributed by atoms with Gasteiger partial charge in [-0.25, -0.2) is 0 Å². The van der Waals surface area contributed by atoms with E-state index in [1.54, 1.807) is 6.08 Å². The van der Waals surface area contributed by atoms with E-state index in [2.05, 4.69) is 67.8 Å². The van der Waals surface area contributed by atoms with Gasteiger partial charge in [-0.3, -0.25) is 4.79 Å². The minimum Gasteiger partial charge on any atom is -0.394 e. The molecule has 0 saturated carbocycles. The van der Waals surface area contributed by atoms with Gasteiger partial charge in [-0.2, -0.15) is 0 Å². The number of ether oxygens (including phenoxy) is 2. The standard InChI is InChI=1S/C58H105NO8/c1-3-5-7-9-11-13-15-17-19-21-22-23-24-25-26-27-28-29-30-32-34-36-38-40-42-44-46-48-54(62)59-51(50-66-58-57(65)56(64)55(63)53(49-60)67-58)52(61)47-45-43-41-39-37-35-33-31-20-18-16-14-12-10-8-6-4-2/h5,7,11,13,17,19,22-23,45,47,51-53,55-58,60-61,63-65H,3-4,6,8-10,12,14-16,18,20-21,24-44,46,48-50H2,1-2H3,(H,59,62)/b7-5-,13-11-,19-17-,23-22-,47-45+. The number of amides is 1. The van der Waals surface area contributed by atoms with E-state index in [9.17, 15) is 30.3 Å². The van der Waals surface area contributed by atoms with Crippen molar-refractivity contribution in [1.82, 2.24) is 5.32 Å². The molecule has 0 aromatic heterocycles. The highest BCUT2D eigenvalue weighted by Crippen LogP contribution is 2.23. The second kappa shape index (κ2) is 47.6. The molecule has 0 aromatic rings. The van der Waals surface area contributed by atoms with Gasteiger partial charge >= 0.3 is 0 Å². The van der Waals surface area contributed by atoms with Crippen molar-refractivity contribution < 1.29 is 39.8 Å². The third-order valence-corrected chi connectivity index (χ3v) is 13.1. The molecule has 1 fully saturated rings. The van der Waals surface area contributed by atoms with E-state index in [4.69, 9.17) is 9.47 Å². The van der Waals surface area contributed by atoms with Gasteiger partial charge in [0.2, 0.25) is 5.91 Å². The van der Waals surface area contributed by atoms with Crippen LogP contribution in [0.1, 0.15) is 245 Å². The van der Waals surface area contributed by atoms with Gasteiger partial charge in [-0.15, -0.1) is 0 Å². The van der Waals surface area contributed by atoms with Gasteiger partial charge in [0.1, 0.15) is 24.4 Å². The third-order valence-electron chi connectivity index (χ3n) is 13.1. The Morgan fingerprint density at radius 2 is 0.925 bits per heavy atom. The van der Waals surface area contributed by atoms with E-state index in [0.29, 0.717) is 6.42 Å². The Morgan fingerprint density at radius 1 is 0.522 bits per heavy atom. The lowest BCUT2D eigenvalue weighted by molar-refractivity contribution is -0.302. The summed E-state index contributed by atoms with van der Waals surface area (Å²) in [6.45, 7) is 3.68. The summed E-state index contributed by atoms with van der Waals surface area (Å²) in [5, 5.41) is 54.5. The topological polar surface area (TPSA) is 149 Å². The molecule has 7 atom stereocenters. The van der Waals surface area contributed by atoms with Crippen molar-refractivity contribution in [3.05, 3.63) is 60.8 Å². The zero-order valence-electron chi connectivity index (χ0n) is 43.1. The van der Waals surface area contributed by atoms with E-state index in [0.717, 1.165) is 64.2 Å². The Kier molecular flexibility index (Phi) is 44.7. The van der Waals surface area contributed by atoms with Gasteiger partial charge in [0.15, 0.2) is 6.29 Å². The maximum Gasteiger partial charge on any atom is 0.220 e. The maximum absolute atomic E-state index is 13.0. The number of nitrogens with one attached hydrogen (secondary N) is 1. The summed E-state index contributed by atoms with van der Waals surface area (Å²) in [6, 6.07) is -0.807. The van der Waals surface area contributed by atoms with Gasteiger partial charge in [0.25, 0.3) is 0 Å². The van der Waals surface area contributed by atoms with Crippen LogP contribution in [0.2, 0.25) is 0 Å². The minimum absolute atomic E-state index is 0.178. The number of aliphatic hydroxyl groups excluding tert-OH is 5. The van der Waals surface area contributed by atoms with E-state index in [-0.39, 0.29) is 12.5 Å². The van der Waals surface area contributed by atoms with Crippen LogP contribution in [0.5, 0.6) is 0 Å². The molecule has 1 heterocycles. The number of carbonyl (C=O) groups is 1. The molecule has 67 heavy (non-hydrogen) atoms. The summed E-state index contributed by atoms with van der Waals surface area (Å²) >= 11 is 0. The predicted octanol–water partition coefficient (Wildman–Crippen LogP) is 13.5. The first-order chi connectivity index (χ1) is 32.8. The molecule has 390 valence electrons. The third kappa shape index (κ3) is 37.4. The molecule has 9 heteroatoms. The largest absolute Gasteiger partial charge is 0.394 e. The summed E-state index contributed by atoms with van der Waals surface area (Å²) in [4.78, 5) is 13.0. The molecule has 0 bridgehead atoms. The Labute approximate surface area is 411 Å². The first-order valence-electron chi connectivity index (χ1n) is 28.0. The minimum atomic E-state index is -1.57. The molecule has 1 saturated heterocycles. The SMILES string of the molecule is CC/C=C\C/C=C\C/C=C\C/C=C\CCCCCCCCCCCCCCCCC(=O)NC(COC1OC(CO)C(O)C(O)C1O)C(O)/C=C/CCCCCCCCCCCCCCCCC. The molecule has 6 N–H and O–H groups in total. The molecule has 1 aliphatic heterocycles. The van der Waals surface area contributed by atoms with E-state index in [1.807, 2.05) is 6.08 Å². The molecule has 0 aromatic carbocycles. The molecule has 0 radical (unpaired) electrons. The summed E-state index contributed by atoms with van der Waals surface area (Å²) in [5.41, 5.74) is 0. The molecular formula is C58H105NO8. The lowest BCUT2D eigenvalue weighted by Crippen LogP contribution is -2.60. The highest BCUT2D eigenvalue weighted by molar-refractivity contribution is 5.76. The number of hydrogen-bond donors (Lipinski definition) is 6. The van der Waals surface area contributed by atoms with Gasteiger partial charge in [0.05, 0.1) is 25.4 Å². The van der Waals surface area contributed by atoms with Crippen LogP contribution >= 0.6 is 0 Å². The van der Waals surface area contributed by atoms with Crippen molar-refractivity contribution >= 4 is 5.91 Å². The van der Waals surface area contributed by atoms with Crippen molar-refractivity contribution in [3.63, 3.8) is 0 Å². The number of hydrogen-bond acceptors (Lipinski definition) is 8. The van der Waals surface area contributed by atoms with Crippen LogP contribution in [0.4, 0.5) is 0 Å². The van der Waals surface area contributed by atoms with Crippen LogP contribution in [-0.2, 0) is 14.3 Å². The van der Waals surface area contributed by atoms with Crippen molar-refractivity contribution in [2.45, 2.75) is 288 Å². The Morgan fingerprint density at radius 3 is 1.37 bits per heavy atom. The summed E-state index contributed by atoms with van der Waals surface area (Å²) in [5.74, 6) is -0.178. The first-order valence-corrected chi connectivity index (χ1v) is 28.0. The number of aliphatic hydroxyl groups is 5. The lowest BCUT2D eigenvalue weighted by Gasteiger charge is -2.40. The molecule has 0 aliphatic carbocycles. The van der Waals surface area contributed by atoms with Crippen LogP contribution in [0.25, 0.3) is 0 Å². The molecule has 7 unspecified atom stereocenters. The fourth-order valence-electron chi connectivity index (χ4n) is 8.68. The monoisotopic (exact) mass is 944 g/mol. The lowest BCUT2D eigenvalue weighted by atomic mass is 9.99. The number of unbranched alkanes of at least 4 members (excludes halogenated alkanes) is 29. The molecule has 0 spiro atoms. The Bertz CT molecular complexity index is 1230. The van der Waals surface area contributed by atoms with Gasteiger partial charge in [-0.05, 0) is 57.8 Å². The molecule has 9 nitrogen and oxygen atoms in total. The maximum atomic E-state index is 13.0. The van der Waals surface area contributed by atoms with Crippen molar-refractivity contribution in [2.75, 3.05) is 13.2 Å². The van der Waals surface area contributed by atoms with Crippen LogP contribution < -0.4 is 5.32 Å². The smallest absolute Gasteiger partial charge is 0.220 e. The Balaban J connectivity index is 2.22. The molecular weight excluding hydrogens is 839 g/mol. The van der Waals surface area contributed by atoms with E-state index in [1.165, 1.54) is 161 Å². The second-order valence-electron chi connectivity index (χ2n) is 19.4. The van der Waals surface area contributed by atoms with Crippen LogP contribution in [0, 0.1) is 0 Å². The van der Waals surface area contributed by atoms with Crippen LogP contribution in [0.15, 0.2) is 60.8 Å². The fourth-order valence-corrected chi connectivity index (χ4v) is 8.68. The predicted molar refractivity (Wildman–Crippen MR) is 281 cm³/mol. The summed E-state index contributed by atoms with van der Waals surface area (Å²) < 4.78 is 11.3. The second-order valence-corrected chi connectivity index (χ2v) is 19.4. The van der Waals surface area contributed by atoms with Gasteiger partial charge < -0.3 is 40.3 Å². The summed E-state index contributed by atoms with van der Waals surface area (Å²) in [7, 11) is 0. The van der Waals surface area contributed by atoms with Crippen molar-refractivity contribution in [2.24, 2.45) is 0 Å². The highest BCUT2D eigenvalue weighted by atomic mass is 16.7. The molecule has 1 amide bonds. The van der Waals surface area contributed by atoms with Gasteiger partial charge in [-0.1, -0.05) is 242 Å². The zero-order valence-corrected chi connectivity index (χ0v) is 43.1. The highest BCUT2D eigenvalue weighted by Gasteiger charge is 2.44. The fraction of sp³-hybridized carbons (Fsp3) is 0.810. The normalized spacial score (nSPS) is 20.1. The average molecular weight is 944 g/mol. The van der Waals surface area contributed by atoms with Crippen LogP contribution in [-0.4, -0.2) is 87.5 Å². The molecule has 1 aliphatic rings. The quantitative estimate of drug-likeness (QED) is 0.0261. The van der Waals surface area contributed by atoms with Crippen LogP contribution in [0.3, 0.4) is 0 Å². The molecule has 1 rings (SSSR count). The van der Waals surface area contributed by atoms with E-state index < -0.39 is 49.5 Å². The Hall–Kier alpha value is -2.11. The average Bonchev–Trinajstić information content (AvgIpc) is 3.33. The summed E-state index contributed by atoms with van der Waals surface area (Å²) in [6.07, 6.45) is 57.0. The van der Waals surface area contributed by atoms with E-state index >= 15 is 0 Å². The van der Waals surface area contributed by atoms with Crippen molar-refractivity contribution in [1.29, 1.82) is 0 Å². The first kappa shape index (κ1) is 62.9. The number of carbonyl (C=O) groups excluding carboxylic acids is 1. The number of rotatable bonds is 47. The number of allylic oxidation sites excluding steroid dienone is 9. The van der Waals surface area contributed by atoms with Gasteiger partial charge in [0, 0.05) is 6.42 Å². The zero-order chi connectivity index (χ0) is 48.7.